The van der Waals surface area contributed by atoms with Gasteiger partial charge < -0.3 is 4.74 Å². The number of halogens is 3. The quantitative estimate of drug-likeness (QED) is 0.497. The van der Waals surface area contributed by atoms with Gasteiger partial charge in [-0.1, -0.05) is 13.8 Å². The molecule has 1 atom stereocenters. The van der Waals surface area contributed by atoms with Crippen molar-refractivity contribution in [3.63, 3.8) is 0 Å². The van der Waals surface area contributed by atoms with E-state index in [1.807, 2.05) is 13.8 Å². The molecule has 6 heteroatoms. The fourth-order valence-corrected chi connectivity index (χ4v) is 2.85. The van der Waals surface area contributed by atoms with Crippen molar-refractivity contribution >= 4 is 17.7 Å². The molecule has 0 aliphatic heterocycles. The molecule has 0 aromatic heterocycles. The third-order valence-electron chi connectivity index (χ3n) is 2.32. The Kier molecular flexibility index (Phi) is 8.48. The van der Waals surface area contributed by atoms with Crippen molar-refractivity contribution < 1.29 is 22.7 Å². The van der Waals surface area contributed by atoms with Crippen molar-refractivity contribution in [1.82, 2.24) is 0 Å². The molecular weight excluding hydrogens is 265 g/mol. The summed E-state index contributed by atoms with van der Waals surface area (Å²) in [4.78, 5) is 11.4. The van der Waals surface area contributed by atoms with E-state index in [-0.39, 0.29) is 17.6 Å². The van der Waals surface area contributed by atoms with Crippen LogP contribution in [0.5, 0.6) is 0 Å². The Hall–Kier alpha value is -0.390. The van der Waals surface area contributed by atoms with Crippen LogP contribution in [0.3, 0.4) is 0 Å². The molecular formula is C12H21F3O2S. The number of rotatable bonds is 8. The van der Waals surface area contributed by atoms with Crippen LogP contribution in [0.15, 0.2) is 0 Å². The number of carbonyl (C=O) groups is 1. The van der Waals surface area contributed by atoms with E-state index < -0.39 is 12.6 Å². The molecule has 0 rings (SSSR count). The van der Waals surface area contributed by atoms with Gasteiger partial charge in [-0.3, -0.25) is 4.79 Å². The van der Waals surface area contributed by atoms with Crippen LogP contribution in [0, 0.1) is 5.92 Å². The summed E-state index contributed by atoms with van der Waals surface area (Å²) in [6, 6.07) is 0. The molecule has 0 aromatic carbocycles. The highest BCUT2D eigenvalue weighted by Gasteiger charge is 2.26. The predicted molar refractivity (Wildman–Crippen MR) is 67.6 cm³/mol. The van der Waals surface area contributed by atoms with Crippen LogP contribution in [0.25, 0.3) is 0 Å². The Labute approximate surface area is 111 Å². The average Bonchev–Trinajstić information content (AvgIpc) is 2.24. The van der Waals surface area contributed by atoms with Crippen molar-refractivity contribution in [2.24, 2.45) is 5.92 Å². The van der Waals surface area contributed by atoms with Crippen LogP contribution in [0.2, 0.25) is 0 Å². The van der Waals surface area contributed by atoms with Crippen LogP contribution in [0.1, 0.15) is 39.5 Å². The number of unbranched alkanes of at least 4 members (excludes halogenated alkanes) is 1. The van der Waals surface area contributed by atoms with Gasteiger partial charge in [0.05, 0.1) is 7.11 Å². The Morgan fingerprint density at radius 3 is 2.33 bits per heavy atom. The van der Waals surface area contributed by atoms with Crippen LogP contribution < -0.4 is 0 Å². The molecule has 0 saturated heterocycles. The second-order valence-electron chi connectivity index (χ2n) is 4.58. The van der Waals surface area contributed by atoms with Crippen molar-refractivity contribution in [3.05, 3.63) is 0 Å². The summed E-state index contributed by atoms with van der Waals surface area (Å²) in [6.07, 6.45) is -3.55. The topological polar surface area (TPSA) is 26.3 Å². The third-order valence-corrected chi connectivity index (χ3v) is 3.63. The van der Waals surface area contributed by atoms with Crippen LogP contribution in [-0.4, -0.2) is 30.3 Å². The first-order valence-electron chi connectivity index (χ1n) is 6.02. The molecule has 2 nitrogen and oxygen atoms in total. The number of alkyl halides is 3. The number of esters is 1. The minimum Gasteiger partial charge on any atom is -0.468 e. The highest BCUT2D eigenvalue weighted by Crippen LogP contribution is 2.25. The highest BCUT2D eigenvalue weighted by molar-refractivity contribution is 8.00. The fourth-order valence-electron chi connectivity index (χ4n) is 1.45. The van der Waals surface area contributed by atoms with Gasteiger partial charge in [-0.2, -0.15) is 13.2 Å². The fraction of sp³-hybridized carbons (Fsp3) is 0.917. The first-order valence-corrected chi connectivity index (χ1v) is 7.07. The zero-order valence-corrected chi connectivity index (χ0v) is 11.9. The molecule has 0 heterocycles. The van der Waals surface area contributed by atoms with E-state index in [2.05, 4.69) is 4.74 Å². The van der Waals surface area contributed by atoms with Gasteiger partial charge >= 0.3 is 12.1 Å². The second-order valence-corrected chi connectivity index (χ2v) is 5.90. The SMILES string of the molecule is COC(=O)C(CC(C)C)SCCCCC(F)(F)F. The van der Waals surface area contributed by atoms with Gasteiger partial charge in [0.15, 0.2) is 0 Å². The molecule has 0 bridgehead atoms. The summed E-state index contributed by atoms with van der Waals surface area (Å²) in [5.41, 5.74) is 0. The zero-order chi connectivity index (χ0) is 14.2. The van der Waals surface area contributed by atoms with Crippen molar-refractivity contribution in [1.29, 1.82) is 0 Å². The lowest BCUT2D eigenvalue weighted by Gasteiger charge is -2.16. The molecule has 0 aromatic rings. The minimum atomic E-state index is -4.08. The van der Waals surface area contributed by atoms with E-state index in [4.69, 9.17) is 0 Å². The van der Waals surface area contributed by atoms with Gasteiger partial charge in [0, 0.05) is 6.42 Å². The maximum atomic E-state index is 11.9. The van der Waals surface area contributed by atoms with E-state index in [0.717, 1.165) is 0 Å². The standard InChI is InChI=1S/C12H21F3O2S/c1-9(2)8-10(11(16)17-3)18-7-5-4-6-12(13,14)15/h9-10H,4-8H2,1-3H3. The molecule has 1 unspecified atom stereocenters. The smallest absolute Gasteiger partial charge is 0.389 e. The first kappa shape index (κ1) is 17.6. The van der Waals surface area contributed by atoms with Crippen molar-refractivity contribution in [3.8, 4) is 0 Å². The number of ether oxygens (including phenoxy) is 1. The van der Waals surface area contributed by atoms with Crippen molar-refractivity contribution in [2.75, 3.05) is 12.9 Å². The lowest BCUT2D eigenvalue weighted by atomic mass is 10.1. The molecule has 0 saturated carbocycles. The van der Waals surface area contributed by atoms with Crippen LogP contribution in [0.4, 0.5) is 13.2 Å². The molecule has 0 spiro atoms. The molecule has 0 fully saturated rings. The lowest BCUT2D eigenvalue weighted by molar-refractivity contribution is -0.140. The van der Waals surface area contributed by atoms with Gasteiger partial charge in [0.25, 0.3) is 0 Å². The number of thioether (sulfide) groups is 1. The van der Waals surface area contributed by atoms with E-state index in [1.54, 1.807) is 0 Å². The molecule has 108 valence electrons. The highest BCUT2D eigenvalue weighted by atomic mass is 32.2. The number of methoxy groups -OCH3 is 1. The van der Waals surface area contributed by atoms with Crippen LogP contribution in [-0.2, 0) is 9.53 Å². The summed E-state index contributed by atoms with van der Waals surface area (Å²) < 4.78 is 40.4. The normalized spacial score (nSPS) is 13.7. The van der Waals surface area contributed by atoms with E-state index >= 15 is 0 Å². The van der Waals surface area contributed by atoms with Gasteiger partial charge in [-0.15, -0.1) is 11.8 Å². The van der Waals surface area contributed by atoms with Gasteiger partial charge in [-0.25, -0.2) is 0 Å². The monoisotopic (exact) mass is 286 g/mol. The minimum absolute atomic E-state index is 0.117. The Balaban J connectivity index is 3.86. The summed E-state index contributed by atoms with van der Waals surface area (Å²) >= 11 is 1.39. The third kappa shape index (κ3) is 9.62. The summed E-state index contributed by atoms with van der Waals surface area (Å²) in [7, 11) is 1.33. The number of hydrogen-bond acceptors (Lipinski definition) is 3. The largest absolute Gasteiger partial charge is 0.468 e. The number of carbonyl (C=O) groups excluding carboxylic acids is 1. The lowest BCUT2D eigenvalue weighted by Crippen LogP contribution is -2.21. The molecule has 18 heavy (non-hydrogen) atoms. The Bertz CT molecular complexity index is 242. The van der Waals surface area contributed by atoms with Gasteiger partial charge in [0.1, 0.15) is 5.25 Å². The first-order chi connectivity index (χ1) is 8.26. The maximum Gasteiger partial charge on any atom is 0.389 e. The summed E-state index contributed by atoms with van der Waals surface area (Å²) in [5.74, 6) is 0.629. The Morgan fingerprint density at radius 2 is 1.89 bits per heavy atom. The van der Waals surface area contributed by atoms with Gasteiger partial charge in [0.2, 0.25) is 0 Å². The molecule has 0 aliphatic rings. The predicted octanol–water partition coefficient (Wildman–Crippen LogP) is 4.04. The summed E-state index contributed by atoms with van der Waals surface area (Å²) in [5, 5.41) is -0.263. The maximum absolute atomic E-state index is 11.9. The van der Waals surface area contributed by atoms with Crippen molar-refractivity contribution in [2.45, 2.75) is 51.0 Å². The summed E-state index contributed by atoms with van der Waals surface area (Å²) in [6.45, 7) is 4.00. The van der Waals surface area contributed by atoms with E-state index in [0.29, 0.717) is 24.5 Å². The van der Waals surface area contributed by atoms with Crippen LogP contribution >= 0.6 is 11.8 Å². The van der Waals surface area contributed by atoms with Gasteiger partial charge in [-0.05, 0) is 30.9 Å². The van der Waals surface area contributed by atoms with E-state index in [1.165, 1.54) is 18.9 Å². The zero-order valence-electron chi connectivity index (χ0n) is 11.0. The molecule has 0 aliphatic carbocycles. The van der Waals surface area contributed by atoms with E-state index in [9.17, 15) is 18.0 Å². The molecule has 0 radical (unpaired) electrons. The number of hydrogen-bond donors (Lipinski definition) is 0. The molecule has 0 N–H and O–H groups in total. The Morgan fingerprint density at radius 1 is 1.28 bits per heavy atom. The molecule has 0 amide bonds. The second kappa shape index (κ2) is 8.67. The average molecular weight is 286 g/mol.